The number of phenolic OH excluding ortho intramolecular Hbond substituents is 3. The van der Waals surface area contributed by atoms with E-state index in [1.54, 1.807) is 12.1 Å². The van der Waals surface area contributed by atoms with Crippen molar-refractivity contribution in [2.24, 2.45) is 0 Å². The first kappa shape index (κ1) is 49.4. The second kappa shape index (κ2) is 21.1. The Labute approximate surface area is 433 Å². The van der Waals surface area contributed by atoms with Crippen LogP contribution < -0.4 is 0 Å². The highest BCUT2D eigenvalue weighted by Gasteiger charge is 2.18. The molecule has 0 atom stereocenters. The van der Waals surface area contributed by atoms with Crippen molar-refractivity contribution in [3.63, 3.8) is 0 Å². The highest BCUT2D eigenvalue weighted by atomic mass is 35.5. The van der Waals surface area contributed by atoms with E-state index in [9.17, 15) is 25.5 Å². The summed E-state index contributed by atoms with van der Waals surface area (Å²) in [7, 11) is 0. The van der Waals surface area contributed by atoms with Gasteiger partial charge in [0.25, 0.3) is 0 Å². The molecule has 18 nitrogen and oxygen atoms in total. The molecule has 0 saturated heterocycles. The fourth-order valence-electron chi connectivity index (χ4n) is 8.53. The van der Waals surface area contributed by atoms with Gasteiger partial charge in [-0.1, -0.05) is 54.6 Å². The molecule has 376 valence electrons. The van der Waals surface area contributed by atoms with Gasteiger partial charge in [0.2, 0.25) is 0 Å². The molecule has 0 bridgehead atoms. The second-order valence-corrected chi connectivity index (χ2v) is 18.1. The summed E-state index contributed by atoms with van der Waals surface area (Å²) in [6, 6.07) is 44.8. The molecule has 0 radical (unpaired) electrons. The molecule has 12 aromatic rings. The van der Waals surface area contributed by atoms with E-state index in [2.05, 4.69) is 40.8 Å². The molecule has 0 unspecified atom stereocenters. The molecule has 0 fully saturated rings. The molecule has 0 aliphatic carbocycles. The number of aromatic nitrogens is 12. The lowest BCUT2D eigenvalue weighted by molar-refractivity contribution is 0.103. The van der Waals surface area contributed by atoms with Gasteiger partial charge in [-0.05, 0) is 141 Å². The SMILES string of the molecule is Cc1cc(CCl)c(O)c(-n2nc3ccccc3n2)c1.Cc1cc(CO)c(O)c(-n2nc3ccccc3n2)c1.Cc1cc(COCc2cc(C)cc(-n3nc4ccccc4n3)c2O)c(O)c(-n2nc3ccccc3n2)c1. The van der Waals surface area contributed by atoms with Gasteiger partial charge in [0.1, 0.15) is 89.9 Å². The van der Waals surface area contributed by atoms with Crippen molar-refractivity contribution in [3.05, 3.63) is 190 Å². The molecule has 4 heterocycles. The zero-order valence-electron chi connectivity index (χ0n) is 41.1. The number of hydrogen-bond donors (Lipinski definition) is 5. The Kier molecular flexibility index (Phi) is 13.9. The number of halogens is 1. The number of aliphatic hydroxyl groups excluding tert-OH is 1. The molecular formula is C56H49ClN12O6. The van der Waals surface area contributed by atoms with Gasteiger partial charge in [0, 0.05) is 22.3 Å². The van der Waals surface area contributed by atoms with Crippen LogP contribution in [0.15, 0.2) is 146 Å². The first-order valence-electron chi connectivity index (χ1n) is 23.7. The summed E-state index contributed by atoms with van der Waals surface area (Å²) < 4.78 is 5.96. The van der Waals surface area contributed by atoms with Crippen LogP contribution in [-0.2, 0) is 30.4 Å². The summed E-state index contributed by atoms with van der Waals surface area (Å²) in [6.45, 7) is 7.77. The molecule has 0 aliphatic heterocycles. The molecule has 8 aromatic carbocycles. The van der Waals surface area contributed by atoms with Crippen LogP contribution in [0.4, 0.5) is 0 Å². The maximum absolute atomic E-state index is 11.0. The predicted octanol–water partition coefficient (Wildman–Crippen LogP) is 10.00. The smallest absolute Gasteiger partial charge is 0.148 e. The minimum atomic E-state index is -0.221. The van der Waals surface area contributed by atoms with Crippen molar-refractivity contribution in [2.75, 3.05) is 0 Å². The van der Waals surface area contributed by atoms with Crippen LogP contribution in [0, 0.1) is 27.7 Å². The first-order chi connectivity index (χ1) is 36.3. The van der Waals surface area contributed by atoms with Crippen LogP contribution in [-0.4, -0.2) is 85.5 Å². The fourth-order valence-corrected chi connectivity index (χ4v) is 8.73. The molecule has 0 aliphatic rings. The third-order valence-electron chi connectivity index (χ3n) is 12.1. The third-order valence-corrected chi connectivity index (χ3v) is 12.4. The predicted molar refractivity (Wildman–Crippen MR) is 285 cm³/mol. The van der Waals surface area contributed by atoms with E-state index in [1.165, 1.54) is 19.2 Å². The molecule has 0 spiro atoms. The maximum Gasteiger partial charge on any atom is 0.148 e. The van der Waals surface area contributed by atoms with Gasteiger partial charge in [-0.15, -0.1) is 71.6 Å². The summed E-state index contributed by atoms with van der Waals surface area (Å²) in [5.41, 5.74) is 14.2. The maximum atomic E-state index is 11.0. The summed E-state index contributed by atoms with van der Waals surface area (Å²) in [5.74, 6) is 0.482. The van der Waals surface area contributed by atoms with E-state index in [0.29, 0.717) is 45.0 Å². The van der Waals surface area contributed by atoms with Gasteiger partial charge < -0.3 is 30.3 Å². The van der Waals surface area contributed by atoms with Gasteiger partial charge >= 0.3 is 0 Å². The Morgan fingerprint density at radius 1 is 0.360 bits per heavy atom. The zero-order valence-corrected chi connectivity index (χ0v) is 41.8. The van der Waals surface area contributed by atoms with Gasteiger partial charge in [-0.25, -0.2) is 0 Å². The molecule has 19 heteroatoms. The minimum Gasteiger partial charge on any atom is -0.505 e. The Hall–Kier alpha value is -9.23. The largest absolute Gasteiger partial charge is 0.505 e. The van der Waals surface area contributed by atoms with Crippen molar-refractivity contribution in [1.29, 1.82) is 0 Å². The van der Waals surface area contributed by atoms with Gasteiger partial charge in [-0.2, -0.15) is 0 Å². The van der Waals surface area contributed by atoms with E-state index in [4.69, 9.17) is 16.3 Å². The molecule has 12 rings (SSSR count). The van der Waals surface area contributed by atoms with Crippen molar-refractivity contribution in [1.82, 2.24) is 60.0 Å². The average molecular weight is 1020 g/mol. The monoisotopic (exact) mass is 1020 g/mol. The van der Waals surface area contributed by atoms with Crippen molar-refractivity contribution < 1.29 is 30.3 Å². The number of ether oxygens (including phenoxy) is 1. The van der Waals surface area contributed by atoms with Gasteiger partial charge in [0.15, 0.2) is 0 Å². The number of aliphatic hydroxyl groups is 1. The summed E-state index contributed by atoms with van der Waals surface area (Å²) in [4.78, 5) is 5.72. The number of alkyl halides is 1. The Balaban J connectivity index is 0.000000142. The van der Waals surface area contributed by atoms with Crippen LogP contribution in [0.5, 0.6) is 23.0 Å². The Bertz CT molecular complexity index is 3660. The van der Waals surface area contributed by atoms with Crippen LogP contribution in [0.1, 0.15) is 44.5 Å². The lowest BCUT2D eigenvalue weighted by Crippen LogP contribution is -2.04. The number of fused-ring (bicyclic) bond motifs is 4. The van der Waals surface area contributed by atoms with Gasteiger partial charge in [0.05, 0.1) is 25.7 Å². The van der Waals surface area contributed by atoms with E-state index in [0.717, 1.165) is 66.4 Å². The highest BCUT2D eigenvalue weighted by Crippen LogP contribution is 2.33. The Morgan fingerprint density at radius 3 is 0.840 bits per heavy atom. The van der Waals surface area contributed by atoms with Crippen LogP contribution in [0.25, 0.3) is 66.9 Å². The highest BCUT2D eigenvalue weighted by molar-refractivity contribution is 6.17. The first-order valence-corrected chi connectivity index (χ1v) is 24.2. The Morgan fingerprint density at radius 2 is 0.587 bits per heavy atom. The molecule has 75 heavy (non-hydrogen) atoms. The number of aryl methyl sites for hydroxylation is 4. The van der Waals surface area contributed by atoms with Gasteiger partial charge in [-0.3, -0.25) is 0 Å². The van der Waals surface area contributed by atoms with Crippen molar-refractivity contribution in [2.45, 2.75) is 53.4 Å². The summed E-state index contributed by atoms with van der Waals surface area (Å²) in [5, 5.41) is 86.9. The number of rotatable bonds is 10. The normalized spacial score (nSPS) is 11.3. The zero-order chi connectivity index (χ0) is 52.3. The number of hydrogen-bond acceptors (Lipinski definition) is 14. The van der Waals surface area contributed by atoms with Crippen molar-refractivity contribution >= 4 is 55.7 Å². The minimum absolute atomic E-state index is 0.00778. The number of aromatic hydroxyl groups is 4. The quantitative estimate of drug-likeness (QED) is 0.0803. The standard InChI is InChI=1S/C28H24N6O3.C14H12ClN3O.C14H13N3O2/c1-17-11-19(27(35)25(13-17)33-29-21-7-3-4-8-22(21)30-33)15-37-16-20-12-18(2)14-26(28(20)36)34-31-23-9-5-6-10-24(23)32-34;1-9-6-10(8-15)14(19)13(7-9)18-16-11-4-2-3-5-12(11)17-18;1-9-6-10(8-18)14(19)13(7-9)17-15-11-4-2-3-5-12(11)16-17/h3-14,35-36H,15-16H2,1-2H3;2-7,19H,8H2,1H3;2-7,18-19H,8H2,1H3. The summed E-state index contributed by atoms with van der Waals surface area (Å²) >= 11 is 5.83. The number of phenols is 4. The van der Waals surface area contributed by atoms with Crippen molar-refractivity contribution in [3.8, 4) is 45.7 Å². The molecular weight excluding hydrogens is 972 g/mol. The molecule has 4 aromatic heterocycles. The second-order valence-electron chi connectivity index (χ2n) is 17.9. The van der Waals surface area contributed by atoms with E-state index < -0.39 is 0 Å². The molecule has 5 N–H and O–H groups in total. The average Bonchev–Trinajstić information content (AvgIpc) is 4.24. The third kappa shape index (κ3) is 10.4. The lowest BCUT2D eigenvalue weighted by atomic mass is 10.1. The summed E-state index contributed by atoms with van der Waals surface area (Å²) in [6.07, 6.45) is 0. The van der Waals surface area contributed by atoms with Crippen LogP contribution in [0.2, 0.25) is 0 Å². The molecule has 0 amide bonds. The number of benzene rings is 8. The van der Waals surface area contributed by atoms with Crippen LogP contribution in [0.3, 0.4) is 0 Å². The number of nitrogens with zero attached hydrogens (tertiary/aromatic N) is 12. The van der Waals surface area contributed by atoms with E-state index in [1.807, 2.05) is 161 Å². The van der Waals surface area contributed by atoms with E-state index in [-0.39, 0.29) is 48.7 Å². The van der Waals surface area contributed by atoms with E-state index >= 15 is 0 Å². The fraction of sp³-hybridized carbons (Fsp3) is 0.143. The molecule has 0 saturated carbocycles. The lowest BCUT2D eigenvalue weighted by Gasteiger charge is -2.13. The van der Waals surface area contributed by atoms with Crippen LogP contribution >= 0.6 is 11.6 Å². The topological polar surface area (TPSA) is 233 Å².